The second-order valence-electron chi connectivity index (χ2n) is 9.72. The number of halogens is 2. The van der Waals surface area contributed by atoms with Gasteiger partial charge in [0.2, 0.25) is 0 Å². The summed E-state index contributed by atoms with van der Waals surface area (Å²) in [7, 11) is 0. The molecule has 4 heterocycles. The number of aromatic nitrogens is 2. The van der Waals surface area contributed by atoms with Crippen LogP contribution in [-0.2, 0) is 16.0 Å². The highest BCUT2D eigenvalue weighted by atomic mass is 35.5. The molecule has 2 saturated heterocycles. The Hall–Kier alpha value is -2.09. The number of ketones is 1. The second-order valence-corrected chi connectivity index (χ2v) is 10.1. The van der Waals surface area contributed by atoms with Crippen molar-refractivity contribution in [1.29, 1.82) is 0 Å². The molecule has 6 nitrogen and oxygen atoms in total. The Labute approximate surface area is 199 Å². The van der Waals surface area contributed by atoms with Gasteiger partial charge in [0.25, 0.3) is 0 Å². The Balaban J connectivity index is 1.48. The molecule has 4 rings (SSSR count). The molecule has 33 heavy (non-hydrogen) atoms. The Kier molecular flexibility index (Phi) is 7.62. The number of piperidine rings is 1. The SMILES string of the molecule is CC1(C)C[C@H](CNc2nc(-c3cc(CC(=O)[C@@H]4CCCNC4)ncc3Cl)ccc2F)CCO1. The fourth-order valence-electron chi connectivity index (χ4n) is 4.71. The third-order valence-corrected chi connectivity index (χ3v) is 6.80. The molecule has 2 aliphatic heterocycles. The zero-order valence-corrected chi connectivity index (χ0v) is 20.1. The number of pyridine rings is 2. The predicted molar refractivity (Wildman–Crippen MR) is 128 cm³/mol. The molecule has 0 saturated carbocycles. The van der Waals surface area contributed by atoms with Crippen LogP contribution in [0.5, 0.6) is 0 Å². The van der Waals surface area contributed by atoms with E-state index in [1.54, 1.807) is 18.3 Å². The zero-order chi connectivity index (χ0) is 23.4. The van der Waals surface area contributed by atoms with Gasteiger partial charge in [0.1, 0.15) is 5.78 Å². The van der Waals surface area contributed by atoms with Crippen molar-refractivity contribution in [2.75, 3.05) is 31.6 Å². The lowest BCUT2D eigenvalue weighted by atomic mass is 9.88. The van der Waals surface area contributed by atoms with Crippen LogP contribution in [0.15, 0.2) is 24.4 Å². The molecule has 0 spiro atoms. The largest absolute Gasteiger partial charge is 0.376 e. The van der Waals surface area contributed by atoms with E-state index in [1.165, 1.54) is 6.07 Å². The lowest BCUT2D eigenvalue weighted by Gasteiger charge is -2.35. The lowest BCUT2D eigenvalue weighted by Crippen LogP contribution is -2.36. The lowest BCUT2D eigenvalue weighted by molar-refractivity contribution is -0.122. The summed E-state index contributed by atoms with van der Waals surface area (Å²) in [6.07, 6.45) is 5.55. The number of nitrogens with zero attached hydrogens (tertiary/aromatic N) is 2. The van der Waals surface area contributed by atoms with Gasteiger partial charge in [-0.05, 0) is 70.2 Å². The first-order chi connectivity index (χ1) is 15.8. The van der Waals surface area contributed by atoms with E-state index in [-0.39, 0.29) is 29.5 Å². The molecule has 0 radical (unpaired) electrons. The Bertz CT molecular complexity index is 994. The van der Waals surface area contributed by atoms with Crippen molar-refractivity contribution in [3.63, 3.8) is 0 Å². The monoisotopic (exact) mass is 474 g/mol. The standard InChI is InChI=1S/C25H32ClFN4O2/c1-25(2)12-16(7-9-33-25)13-30-24-21(27)5-6-22(31-24)19-10-18(29-15-20(19)26)11-23(32)17-4-3-8-28-14-17/h5-6,10,15-17,28H,3-4,7-9,11-14H2,1-2H3,(H,30,31)/t16-,17-/m1/s1. The van der Waals surface area contributed by atoms with Crippen LogP contribution in [-0.4, -0.2) is 47.6 Å². The van der Waals surface area contributed by atoms with Crippen molar-refractivity contribution in [3.8, 4) is 11.3 Å². The normalized spacial score (nSPS) is 22.7. The van der Waals surface area contributed by atoms with Crippen LogP contribution in [0, 0.1) is 17.7 Å². The van der Waals surface area contributed by atoms with E-state index in [4.69, 9.17) is 16.3 Å². The first kappa shape index (κ1) is 24.0. The van der Waals surface area contributed by atoms with Gasteiger partial charge < -0.3 is 15.4 Å². The Morgan fingerprint density at radius 2 is 2.21 bits per heavy atom. The molecule has 2 N–H and O–H groups in total. The molecule has 2 atom stereocenters. The molecular weight excluding hydrogens is 443 g/mol. The summed E-state index contributed by atoms with van der Waals surface area (Å²) in [6.45, 7) is 7.18. The number of Topliss-reactive ketones (excluding diaryl/α,β-unsaturated/α-hetero) is 1. The molecular formula is C25H32ClFN4O2. The predicted octanol–water partition coefficient (Wildman–Crippen LogP) is 4.66. The average Bonchev–Trinajstić information content (AvgIpc) is 2.80. The fourth-order valence-corrected chi connectivity index (χ4v) is 4.91. The highest BCUT2D eigenvalue weighted by Crippen LogP contribution is 2.31. The summed E-state index contributed by atoms with van der Waals surface area (Å²) in [6, 6.07) is 4.80. The number of nitrogens with one attached hydrogen (secondary N) is 2. The molecule has 2 fully saturated rings. The van der Waals surface area contributed by atoms with Gasteiger partial charge in [-0.2, -0.15) is 0 Å². The summed E-state index contributed by atoms with van der Waals surface area (Å²) in [5, 5.41) is 6.87. The minimum atomic E-state index is -0.407. The maximum absolute atomic E-state index is 14.5. The summed E-state index contributed by atoms with van der Waals surface area (Å²) in [4.78, 5) is 21.5. The molecule has 178 valence electrons. The zero-order valence-electron chi connectivity index (χ0n) is 19.3. The molecule has 2 aromatic rings. The van der Waals surface area contributed by atoms with E-state index < -0.39 is 5.82 Å². The number of hydrogen-bond acceptors (Lipinski definition) is 6. The fraction of sp³-hybridized carbons (Fsp3) is 0.560. The van der Waals surface area contributed by atoms with Crippen LogP contribution >= 0.6 is 11.6 Å². The topological polar surface area (TPSA) is 76.1 Å². The maximum atomic E-state index is 14.5. The second kappa shape index (κ2) is 10.5. The smallest absolute Gasteiger partial charge is 0.165 e. The van der Waals surface area contributed by atoms with Crippen LogP contribution < -0.4 is 10.6 Å². The maximum Gasteiger partial charge on any atom is 0.165 e. The molecule has 0 amide bonds. The molecule has 0 bridgehead atoms. The Morgan fingerprint density at radius 1 is 1.36 bits per heavy atom. The van der Waals surface area contributed by atoms with E-state index in [1.807, 2.05) is 0 Å². The number of ether oxygens (including phenoxy) is 1. The van der Waals surface area contributed by atoms with Gasteiger partial charge in [-0.15, -0.1) is 0 Å². The molecule has 0 aromatic carbocycles. The van der Waals surface area contributed by atoms with Crippen LogP contribution in [0.1, 0.15) is 45.2 Å². The van der Waals surface area contributed by atoms with Crippen molar-refractivity contribution >= 4 is 23.2 Å². The summed E-state index contributed by atoms with van der Waals surface area (Å²) in [5.74, 6) is 0.382. The number of carbonyl (C=O) groups excluding carboxylic acids is 1. The third kappa shape index (κ3) is 6.28. The van der Waals surface area contributed by atoms with E-state index in [0.717, 1.165) is 38.8 Å². The molecule has 0 aliphatic carbocycles. The quantitative estimate of drug-likeness (QED) is 0.607. The highest BCUT2D eigenvalue weighted by Gasteiger charge is 2.29. The van der Waals surface area contributed by atoms with E-state index >= 15 is 0 Å². The minimum Gasteiger partial charge on any atom is -0.376 e. The van der Waals surface area contributed by atoms with Crippen molar-refractivity contribution in [3.05, 3.63) is 40.9 Å². The van der Waals surface area contributed by atoms with Gasteiger partial charge in [0.15, 0.2) is 11.6 Å². The van der Waals surface area contributed by atoms with Crippen LogP contribution in [0.25, 0.3) is 11.3 Å². The minimum absolute atomic E-state index is 0.0228. The summed E-state index contributed by atoms with van der Waals surface area (Å²) >= 11 is 6.41. The van der Waals surface area contributed by atoms with E-state index in [9.17, 15) is 9.18 Å². The average molecular weight is 475 g/mol. The van der Waals surface area contributed by atoms with Gasteiger partial charge in [-0.3, -0.25) is 9.78 Å². The molecule has 8 heteroatoms. The van der Waals surface area contributed by atoms with Crippen molar-refractivity contribution in [2.24, 2.45) is 11.8 Å². The van der Waals surface area contributed by atoms with Gasteiger partial charge in [-0.1, -0.05) is 11.6 Å². The van der Waals surface area contributed by atoms with Gasteiger partial charge in [0.05, 0.1) is 16.3 Å². The number of hydrogen-bond donors (Lipinski definition) is 2. The molecule has 2 aromatic heterocycles. The molecule has 2 aliphatic rings. The number of carbonyl (C=O) groups is 1. The van der Waals surface area contributed by atoms with E-state index in [0.29, 0.717) is 41.0 Å². The third-order valence-electron chi connectivity index (χ3n) is 6.50. The van der Waals surface area contributed by atoms with Crippen LogP contribution in [0.2, 0.25) is 5.02 Å². The first-order valence-corrected chi connectivity index (χ1v) is 12.1. The van der Waals surface area contributed by atoms with Gasteiger partial charge in [-0.25, -0.2) is 9.37 Å². The summed E-state index contributed by atoms with van der Waals surface area (Å²) in [5.41, 5.74) is 1.68. The van der Waals surface area contributed by atoms with Crippen molar-refractivity contribution in [1.82, 2.24) is 15.3 Å². The number of anilines is 1. The van der Waals surface area contributed by atoms with Crippen molar-refractivity contribution < 1.29 is 13.9 Å². The van der Waals surface area contributed by atoms with Crippen LogP contribution in [0.3, 0.4) is 0 Å². The highest BCUT2D eigenvalue weighted by molar-refractivity contribution is 6.33. The van der Waals surface area contributed by atoms with Gasteiger partial charge >= 0.3 is 0 Å². The number of rotatable bonds is 7. The van der Waals surface area contributed by atoms with Gasteiger partial charge in [0, 0.05) is 49.5 Å². The Morgan fingerprint density at radius 3 is 2.97 bits per heavy atom. The van der Waals surface area contributed by atoms with Crippen molar-refractivity contribution in [2.45, 2.75) is 51.6 Å². The first-order valence-electron chi connectivity index (χ1n) is 11.7. The van der Waals surface area contributed by atoms with Crippen LogP contribution in [0.4, 0.5) is 10.2 Å². The molecule has 0 unspecified atom stereocenters. The summed E-state index contributed by atoms with van der Waals surface area (Å²) < 4.78 is 20.3. The van der Waals surface area contributed by atoms with E-state index in [2.05, 4.69) is 34.4 Å².